The SMILES string of the molecule is CCOC(=O)C(CCc1ccc(Cl)cc1)NC(C)C(=O)N1C(=O)N(C)CC1C(=O)O. The highest BCUT2D eigenvalue weighted by atomic mass is 35.5. The van der Waals surface area contributed by atoms with Crippen LogP contribution in [0.4, 0.5) is 4.79 Å². The van der Waals surface area contributed by atoms with Crippen LogP contribution in [0.2, 0.25) is 5.02 Å². The highest BCUT2D eigenvalue weighted by molar-refractivity contribution is 6.30. The molecule has 2 rings (SSSR count). The Kier molecular flexibility index (Phi) is 8.19. The number of nitrogens with one attached hydrogen (secondary N) is 1. The molecule has 1 aromatic rings. The molecule has 9 nitrogen and oxygen atoms in total. The van der Waals surface area contributed by atoms with E-state index < -0.39 is 42.0 Å². The van der Waals surface area contributed by atoms with E-state index in [9.17, 15) is 24.3 Å². The van der Waals surface area contributed by atoms with Gasteiger partial charge in [-0.1, -0.05) is 23.7 Å². The summed E-state index contributed by atoms with van der Waals surface area (Å²) in [6, 6.07) is 3.45. The Hall–Kier alpha value is -2.65. The molecule has 2 N–H and O–H groups in total. The lowest BCUT2D eigenvalue weighted by Gasteiger charge is -2.26. The minimum Gasteiger partial charge on any atom is -0.480 e. The van der Waals surface area contributed by atoms with Crippen LogP contribution in [0, 0.1) is 0 Å². The molecule has 1 fully saturated rings. The van der Waals surface area contributed by atoms with Crippen LogP contribution >= 0.6 is 11.6 Å². The fraction of sp³-hybridized carbons (Fsp3) is 0.500. The fourth-order valence-electron chi connectivity index (χ4n) is 3.23. The van der Waals surface area contributed by atoms with E-state index in [1.54, 1.807) is 19.1 Å². The molecular weight excluding hydrogens is 414 g/mol. The van der Waals surface area contributed by atoms with E-state index >= 15 is 0 Å². The van der Waals surface area contributed by atoms with Gasteiger partial charge >= 0.3 is 18.0 Å². The number of halogens is 1. The summed E-state index contributed by atoms with van der Waals surface area (Å²) in [5.74, 6) is -2.50. The van der Waals surface area contributed by atoms with Gasteiger partial charge in [0.15, 0.2) is 6.04 Å². The van der Waals surface area contributed by atoms with Crippen LogP contribution in [0.25, 0.3) is 0 Å². The van der Waals surface area contributed by atoms with Crippen molar-refractivity contribution in [1.82, 2.24) is 15.1 Å². The molecule has 0 spiro atoms. The second-order valence-electron chi connectivity index (χ2n) is 7.08. The summed E-state index contributed by atoms with van der Waals surface area (Å²) < 4.78 is 5.10. The van der Waals surface area contributed by atoms with E-state index in [2.05, 4.69) is 5.32 Å². The number of imide groups is 1. The molecule has 1 aliphatic heterocycles. The third-order valence-corrected chi connectivity index (χ3v) is 5.09. The maximum absolute atomic E-state index is 12.8. The molecule has 10 heteroatoms. The minimum atomic E-state index is -1.27. The van der Waals surface area contributed by atoms with Crippen molar-refractivity contribution in [2.75, 3.05) is 20.2 Å². The maximum Gasteiger partial charge on any atom is 0.328 e. The van der Waals surface area contributed by atoms with Crippen molar-refractivity contribution in [3.63, 3.8) is 0 Å². The molecule has 0 aromatic heterocycles. The molecule has 30 heavy (non-hydrogen) atoms. The number of ether oxygens (including phenoxy) is 1. The van der Waals surface area contributed by atoms with Gasteiger partial charge < -0.3 is 14.7 Å². The van der Waals surface area contributed by atoms with Crippen LogP contribution in [-0.4, -0.2) is 77.1 Å². The summed E-state index contributed by atoms with van der Waals surface area (Å²) in [6.45, 7) is 3.25. The van der Waals surface area contributed by atoms with Gasteiger partial charge in [0.2, 0.25) is 5.91 Å². The number of hydrogen-bond acceptors (Lipinski definition) is 6. The van der Waals surface area contributed by atoms with E-state index in [0.29, 0.717) is 17.9 Å². The molecule has 0 aliphatic carbocycles. The highest BCUT2D eigenvalue weighted by Crippen LogP contribution is 2.17. The largest absolute Gasteiger partial charge is 0.480 e. The number of carboxylic acids is 1. The highest BCUT2D eigenvalue weighted by Gasteiger charge is 2.45. The van der Waals surface area contributed by atoms with Gasteiger partial charge in [-0.05, 0) is 44.4 Å². The van der Waals surface area contributed by atoms with Crippen molar-refractivity contribution in [3.8, 4) is 0 Å². The number of aliphatic carboxylic acids is 1. The average Bonchev–Trinajstić information content (AvgIpc) is 3.00. The predicted molar refractivity (Wildman–Crippen MR) is 109 cm³/mol. The van der Waals surface area contributed by atoms with Crippen LogP contribution in [0.1, 0.15) is 25.8 Å². The summed E-state index contributed by atoms with van der Waals surface area (Å²) in [4.78, 5) is 50.8. The lowest BCUT2D eigenvalue weighted by atomic mass is 10.0. The fourth-order valence-corrected chi connectivity index (χ4v) is 3.35. The summed E-state index contributed by atoms with van der Waals surface area (Å²) in [6.07, 6.45) is 0.867. The number of carboxylic acid groups (broad SMARTS) is 1. The molecular formula is C20H26ClN3O6. The predicted octanol–water partition coefficient (Wildman–Crippen LogP) is 1.53. The monoisotopic (exact) mass is 439 g/mol. The molecule has 0 radical (unpaired) electrons. The van der Waals surface area contributed by atoms with Crippen LogP contribution < -0.4 is 5.32 Å². The normalized spacial score (nSPS) is 18.3. The topological polar surface area (TPSA) is 116 Å². The Labute approximate surface area is 179 Å². The van der Waals surface area contributed by atoms with Gasteiger partial charge in [0.05, 0.1) is 19.2 Å². The summed E-state index contributed by atoms with van der Waals surface area (Å²) in [7, 11) is 1.43. The number of hydrogen-bond donors (Lipinski definition) is 2. The number of esters is 1. The van der Waals surface area contributed by atoms with E-state index in [4.69, 9.17) is 16.3 Å². The van der Waals surface area contributed by atoms with E-state index in [-0.39, 0.29) is 13.2 Å². The molecule has 1 saturated heterocycles. The number of benzene rings is 1. The molecule has 3 unspecified atom stereocenters. The number of aryl methyl sites for hydroxylation is 1. The average molecular weight is 440 g/mol. The van der Waals surface area contributed by atoms with Crippen LogP contribution in [0.3, 0.4) is 0 Å². The van der Waals surface area contributed by atoms with E-state index in [1.165, 1.54) is 18.9 Å². The van der Waals surface area contributed by atoms with Gasteiger partial charge in [0, 0.05) is 12.1 Å². The lowest BCUT2D eigenvalue weighted by Crippen LogP contribution is -2.54. The van der Waals surface area contributed by atoms with Crippen LogP contribution in [0.15, 0.2) is 24.3 Å². The van der Waals surface area contributed by atoms with Gasteiger partial charge in [0.25, 0.3) is 0 Å². The third-order valence-electron chi connectivity index (χ3n) is 4.84. The first-order valence-electron chi connectivity index (χ1n) is 9.63. The van der Waals surface area contributed by atoms with Gasteiger partial charge in [-0.3, -0.25) is 14.9 Å². The Morgan fingerprint density at radius 1 is 1.30 bits per heavy atom. The third kappa shape index (κ3) is 5.70. The van der Waals surface area contributed by atoms with Gasteiger partial charge in [-0.15, -0.1) is 0 Å². The molecule has 0 saturated carbocycles. The van der Waals surface area contributed by atoms with Crippen molar-refractivity contribution < 1.29 is 29.0 Å². The minimum absolute atomic E-state index is 0.0928. The van der Waals surface area contributed by atoms with Gasteiger partial charge in [0.1, 0.15) is 6.04 Å². The first-order valence-corrected chi connectivity index (χ1v) is 10.0. The van der Waals surface area contributed by atoms with Crippen molar-refractivity contribution >= 4 is 35.5 Å². The quantitative estimate of drug-likeness (QED) is 0.560. The second-order valence-corrected chi connectivity index (χ2v) is 7.52. The summed E-state index contributed by atoms with van der Waals surface area (Å²) >= 11 is 5.89. The van der Waals surface area contributed by atoms with Gasteiger partial charge in [-0.25, -0.2) is 14.5 Å². The number of rotatable bonds is 9. The van der Waals surface area contributed by atoms with Crippen molar-refractivity contribution in [2.24, 2.45) is 0 Å². The van der Waals surface area contributed by atoms with Crippen LogP contribution in [0.5, 0.6) is 0 Å². The zero-order valence-corrected chi connectivity index (χ0v) is 17.9. The first kappa shape index (κ1) is 23.6. The van der Waals surface area contributed by atoms with Crippen molar-refractivity contribution in [3.05, 3.63) is 34.9 Å². The standard InChI is InChI=1S/C20H26ClN3O6/c1-4-30-19(28)15(10-7-13-5-8-14(21)9-6-13)22-12(2)17(25)24-16(18(26)27)11-23(3)20(24)29/h5-6,8-9,12,15-16,22H,4,7,10-11H2,1-3H3,(H,26,27). The Morgan fingerprint density at radius 3 is 2.50 bits per heavy atom. The summed E-state index contributed by atoms with van der Waals surface area (Å²) in [5, 5.41) is 12.8. The molecule has 1 heterocycles. The zero-order valence-electron chi connectivity index (χ0n) is 17.1. The lowest BCUT2D eigenvalue weighted by molar-refractivity contribution is -0.148. The zero-order chi connectivity index (χ0) is 22.4. The number of urea groups is 1. The molecule has 3 atom stereocenters. The molecule has 1 aromatic carbocycles. The van der Waals surface area contributed by atoms with E-state index in [1.807, 2.05) is 12.1 Å². The summed E-state index contributed by atoms with van der Waals surface area (Å²) in [5.41, 5.74) is 0.955. The van der Waals surface area contributed by atoms with E-state index in [0.717, 1.165) is 10.5 Å². The Morgan fingerprint density at radius 2 is 1.93 bits per heavy atom. The number of nitrogens with zero attached hydrogens (tertiary/aromatic N) is 2. The Bertz CT molecular complexity index is 800. The molecule has 0 bridgehead atoms. The number of carbonyl (C=O) groups is 4. The number of carbonyl (C=O) groups excluding carboxylic acids is 3. The number of amides is 3. The van der Waals surface area contributed by atoms with Crippen molar-refractivity contribution in [1.29, 1.82) is 0 Å². The maximum atomic E-state index is 12.8. The van der Waals surface area contributed by atoms with Gasteiger partial charge in [-0.2, -0.15) is 0 Å². The molecule has 1 aliphatic rings. The molecule has 3 amide bonds. The molecule has 164 valence electrons. The van der Waals surface area contributed by atoms with Crippen LogP contribution in [-0.2, 0) is 25.5 Å². The number of likely N-dealkylation sites (N-methyl/N-ethyl adjacent to an activating group) is 1. The second kappa shape index (κ2) is 10.4. The van der Waals surface area contributed by atoms with Crippen molar-refractivity contribution in [2.45, 2.75) is 44.8 Å². The first-order chi connectivity index (χ1) is 14.1. The smallest absolute Gasteiger partial charge is 0.328 e. The Balaban J connectivity index is 2.10.